The smallest absolute Gasteiger partial charge is 0.291 e. The van der Waals surface area contributed by atoms with Gasteiger partial charge in [0.2, 0.25) is 0 Å². The van der Waals surface area contributed by atoms with Crippen molar-refractivity contribution in [1.29, 1.82) is 0 Å². The molecule has 2 heterocycles. The van der Waals surface area contributed by atoms with Crippen molar-refractivity contribution in [1.82, 2.24) is 9.78 Å². The van der Waals surface area contributed by atoms with Gasteiger partial charge in [-0.05, 0) is 61.9 Å². The van der Waals surface area contributed by atoms with Gasteiger partial charge in [-0.3, -0.25) is 9.48 Å². The van der Waals surface area contributed by atoms with Gasteiger partial charge in [0.1, 0.15) is 18.1 Å². The molecule has 0 atom stereocenters. The number of hydrogen-bond donors (Lipinski definition) is 1. The van der Waals surface area contributed by atoms with Crippen molar-refractivity contribution in [3.8, 4) is 5.75 Å². The maximum atomic E-state index is 12.5. The van der Waals surface area contributed by atoms with E-state index in [2.05, 4.69) is 10.4 Å². The summed E-state index contributed by atoms with van der Waals surface area (Å²) in [6.07, 6.45) is 0. The maximum absolute atomic E-state index is 12.5. The highest BCUT2D eigenvalue weighted by atomic mass is 35.5. The van der Waals surface area contributed by atoms with Crippen LogP contribution in [-0.2, 0) is 13.2 Å². The van der Waals surface area contributed by atoms with Gasteiger partial charge in [-0.1, -0.05) is 35.9 Å². The number of aromatic nitrogens is 2. The van der Waals surface area contributed by atoms with E-state index in [-0.39, 0.29) is 18.3 Å². The van der Waals surface area contributed by atoms with Gasteiger partial charge in [0.25, 0.3) is 5.91 Å². The lowest BCUT2D eigenvalue weighted by atomic mass is 10.2. The number of carbonyl (C=O) groups excluding carboxylic acids is 1. The SMILES string of the molecule is Cc1cc(C)n(Cc2ccc(NC(=O)c3ccc(COc4ccccc4Cl)o3)cc2)n1. The zero-order valence-electron chi connectivity index (χ0n) is 17.3. The fourth-order valence-corrected chi connectivity index (χ4v) is 3.37. The van der Waals surface area contributed by atoms with Crippen LogP contribution in [0.15, 0.2) is 71.1 Å². The highest BCUT2D eigenvalue weighted by molar-refractivity contribution is 6.32. The number of aryl methyl sites for hydroxylation is 2. The Labute approximate surface area is 185 Å². The van der Waals surface area contributed by atoms with Crippen LogP contribution in [0.4, 0.5) is 5.69 Å². The summed E-state index contributed by atoms with van der Waals surface area (Å²) in [6, 6.07) is 20.2. The van der Waals surface area contributed by atoms with Crippen molar-refractivity contribution in [2.75, 3.05) is 5.32 Å². The second-order valence-electron chi connectivity index (χ2n) is 7.22. The van der Waals surface area contributed by atoms with E-state index in [1.54, 1.807) is 24.3 Å². The minimum atomic E-state index is -0.324. The summed E-state index contributed by atoms with van der Waals surface area (Å²) in [5.41, 5.74) is 3.90. The molecule has 2 aromatic carbocycles. The number of carbonyl (C=O) groups is 1. The Kier molecular flexibility index (Phi) is 6.09. The zero-order chi connectivity index (χ0) is 21.8. The molecule has 2 aromatic heterocycles. The Hall–Kier alpha value is -3.51. The number of nitrogens with one attached hydrogen (secondary N) is 1. The molecule has 7 heteroatoms. The predicted octanol–water partition coefficient (Wildman–Crippen LogP) is 5.63. The number of rotatable bonds is 7. The molecule has 158 valence electrons. The zero-order valence-corrected chi connectivity index (χ0v) is 18.0. The summed E-state index contributed by atoms with van der Waals surface area (Å²) >= 11 is 6.08. The molecule has 0 aliphatic carbocycles. The lowest BCUT2D eigenvalue weighted by molar-refractivity contribution is 0.0992. The minimum absolute atomic E-state index is 0.179. The Balaban J connectivity index is 1.34. The molecule has 0 aliphatic rings. The van der Waals surface area contributed by atoms with Crippen molar-refractivity contribution in [3.05, 3.63) is 100 Å². The molecule has 0 unspecified atom stereocenters. The van der Waals surface area contributed by atoms with E-state index >= 15 is 0 Å². The molecule has 0 radical (unpaired) electrons. The van der Waals surface area contributed by atoms with Crippen molar-refractivity contribution in [2.45, 2.75) is 27.0 Å². The van der Waals surface area contributed by atoms with E-state index in [0.717, 1.165) is 17.0 Å². The van der Waals surface area contributed by atoms with Crippen LogP contribution < -0.4 is 10.1 Å². The van der Waals surface area contributed by atoms with Gasteiger partial charge in [-0.2, -0.15) is 5.10 Å². The van der Waals surface area contributed by atoms with Gasteiger partial charge in [0.15, 0.2) is 5.76 Å². The van der Waals surface area contributed by atoms with Crippen LogP contribution >= 0.6 is 11.6 Å². The van der Waals surface area contributed by atoms with Gasteiger partial charge in [-0.25, -0.2) is 0 Å². The monoisotopic (exact) mass is 435 g/mol. The van der Waals surface area contributed by atoms with Crippen molar-refractivity contribution in [2.24, 2.45) is 0 Å². The standard InChI is InChI=1S/C24H22ClN3O3/c1-16-13-17(2)28(27-16)14-18-7-9-19(10-8-18)26-24(29)23-12-11-20(31-23)15-30-22-6-4-3-5-21(22)25/h3-13H,14-15H2,1-2H3,(H,26,29). The van der Waals surface area contributed by atoms with Gasteiger partial charge in [0.05, 0.1) is 17.3 Å². The molecule has 4 rings (SSSR count). The third-order valence-electron chi connectivity index (χ3n) is 4.74. The third-order valence-corrected chi connectivity index (χ3v) is 5.05. The van der Waals surface area contributed by atoms with E-state index in [1.807, 2.05) is 61.0 Å². The van der Waals surface area contributed by atoms with Crippen LogP contribution in [0.5, 0.6) is 5.75 Å². The number of anilines is 1. The molecule has 6 nitrogen and oxygen atoms in total. The number of halogens is 1. The molecular weight excluding hydrogens is 414 g/mol. The molecule has 1 amide bonds. The first-order valence-corrected chi connectivity index (χ1v) is 10.2. The third kappa shape index (κ3) is 5.16. The molecular formula is C24H22ClN3O3. The molecule has 1 N–H and O–H groups in total. The molecule has 0 aliphatic heterocycles. The summed E-state index contributed by atoms with van der Waals surface area (Å²) in [7, 11) is 0. The minimum Gasteiger partial charge on any atom is -0.484 e. The quantitative estimate of drug-likeness (QED) is 0.408. The molecule has 4 aromatic rings. The largest absolute Gasteiger partial charge is 0.484 e. The number of hydrogen-bond acceptors (Lipinski definition) is 4. The second-order valence-corrected chi connectivity index (χ2v) is 7.63. The average Bonchev–Trinajstić information content (AvgIpc) is 3.35. The molecule has 0 spiro atoms. The number of furan rings is 1. The summed E-state index contributed by atoms with van der Waals surface area (Å²) in [5.74, 6) is 0.984. The topological polar surface area (TPSA) is 69.3 Å². The van der Waals surface area contributed by atoms with Crippen molar-refractivity contribution < 1.29 is 13.9 Å². The van der Waals surface area contributed by atoms with E-state index in [4.69, 9.17) is 20.8 Å². The molecule has 0 saturated carbocycles. The van der Waals surface area contributed by atoms with Gasteiger partial charge in [-0.15, -0.1) is 0 Å². The highest BCUT2D eigenvalue weighted by Gasteiger charge is 2.12. The average molecular weight is 436 g/mol. The maximum Gasteiger partial charge on any atom is 0.291 e. The van der Waals surface area contributed by atoms with Crippen LogP contribution in [0, 0.1) is 13.8 Å². The van der Waals surface area contributed by atoms with Gasteiger partial charge in [0, 0.05) is 11.4 Å². The summed E-state index contributed by atoms with van der Waals surface area (Å²) in [6.45, 7) is 4.87. The summed E-state index contributed by atoms with van der Waals surface area (Å²) in [4.78, 5) is 12.5. The molecule has 0 fully saturated rings. The molecule has 31 heavy (non-hydrogen) atoms. The Morgan fingerprint density at radius 2 is 1.87 bits per heavy atom. The van der Waals surface area contributed by atoms with Gasteiger partial charge < -0.3 is 14.5 Å². The molecule has 0 bridgehead atoms. The predicted molar refractivity (Wildman–Crippen MR) is 120 cm³/mol. The summed E-state index contributed by atoms with van der Waals surface area (Å²) < 4.78 is 13.2. The number of nitrogens with zero attached hydrogens (tertiary/aromatic N) is 2. The van der Waals surface area contributed by atoms with Crippen LogP contribution in [0.3, 0.4) is 0 Å². The van der Waals surface area contributed by atoms with Crippen LogP contribution in [0.2, 0.25) is 5.02 Å². The number of ether oxygens (including phenoxy) is 1. The first-order valence-electron chi connectivity index (χ1n) is 9.85. The first kappa shape index (κ1) is 20.8. The Morgan fingerprint density at radius 3 is 2.58 bits per heavy atom. The Bertz CT molecular complexity index is 1200. The second kappa shape index (κ2) is 9.10. The van der Waals surface area contributed by atoms with Crippen molar-refractivity contribution in [3.63, 3.8) is 0 Å². The van der Waals surface area contributed by atoms with Crippen LogP contribution in [-0.4, -0.2) is 15.7 Å². The highest BCUT2D eigenvalue weighted by Crippen LogP contribution is 2.24. The van der Waals surface area contributed by atoms with E-state index in [0.29, 0.717) is 28.8 Å². The van der Waals surface area contributed by atoms with E-state index in [9.17, 15) is 4.79 Å². The number of benzene rings is 2. The Morgan fingerprint density at radius 1 is 1.10 bits per heavy atom. The lowest BCUT2D eigenvalue weighted by Gasteiger charge is -2.07. The fourth-order valence-electron chi connectivity index (χ4n) is 3.18. The number of amides is 1. The van der Waals surface area contributed by atoms with E-state index < -0.39 is 0 Å². The van der Waals surface area contributed by atoms with Crippen molar-refractivity contribution >= 4 is 23.2 Å². The van der Waals surface area contributed by atoms with Crippen LogP contribution in [0.25, 0.3) is 0 Å². The number of para-hydroxylation sites is 1. The first-order chi connectivity index (χ1) is 15.0. The molecule has 0 saturated heterocycles. The fraction of sp³-hybridized carbons (Fsp3) is 0.167. The van der Waals surface area contributed by atoms with Gasteiger partial charge >= 0.3 is 0 Å². The van der Waals surface area contributed by atoms with Crippen LogP contribution in [0.1, 0.15) is 33.3 Å². The summed E-state index contributed by atoms with van der Waals surface area (Å²) in [5, 5.41) is 7.84. The lowest BCUT2D eigenvalue weighted by Crippen LogP contribution is -2.11. The normalized spacial score (nSPS) is 10.8. The van der Waals surface area contributed by atoms with E-state index in [1.165, 1.54) is 0 Å².